The van der Waals surface area contributed by atoms with E-state index in [1.807, 2.05) is 25.1 Å². The van der Waals surface area contributed by atoms with E-state index < -0.39 is 5.82 Å². The van der Waals surface area contributed by atoms with Crippen molar-refractivity contribution >= 4 is 5.97 Å². The molecule has 0 radical (unpaired) electrons. The molecule has 1 atom stereocenters. The van der Waals surface area contributed by atoms with E-state index >= 15 is 0 Å². The van der Waals surface area contributed by atoms with Crippen LogP contribution < -0.4 is 4.74 Å². The zero-order valence-corrected chi connectivity index (χ0v) is 15.0. The Labute approximate surface area is 149 Å². The zero-order chi connectivity index (χ0) is 17.8. The molecule has 0 bridgehead atoms. The van der Waals surface area contributed by atoms with Gasteiger partial charge in [-0.15, -0.1) is 0 Å². The van der Waals surface area contributed by atoms with Crippen LogP contribution in [0.2, 0.25) is 0 Å². The van der Waals surface area contributed by atoms with E-state index in [2.05, 4.69) is 19.1 Å². The molecular formula is C22H25FO2. The van der Waals surface area contributed by atoms with Gasteiger partial charge in [-0.3, -0.25) is 4.79 Å². The Morgan fingerprint density at radius 2 is 1.84 bits per heavy atom. The first-order valence-corrected chi connectivity index (χ1v) is 9.24. The predicted molar refractivity (Wildman–Crippen MR) is 97.5 cm³/mol. The normalized spacial score (nSPS) is 16.4. The molecule has 0 spiro atoms. The van der Waals surface area contributed by atoms with Crippen LogP contribution in [0.25, 0.3) is 0 Å². The second kappa shape index (κ2) is 7.81. The maximum absolute atomic E-state index is 14.4. The molecular weight excluding hydrogens is 315 g/mol. The largest absolute Gasteiger partial charge is 0.423 e. The third-order valence-corrected chi connectivity index (χ3v) is 5.00. The molecule has 0 amide bonds. The average Bonchev–Trinajstić information content (AvgIpc) is 2.63. The molecule has 1 unspecified atom stereocenters. The average molecular weight is 340 g/mol. The molecule has 0 aliphatic carbocycles. The fraction of sp³-hybridized carbons (Fsp3) is 0.409. The third-order valence-electron chi connectivity index (χ3n) is 5.00. The first-order valence-electron chi connectivity index (χ1n) is 9.24. The number of unbranched alkanes of at least 4 members (excludes halogenated alkanes) is 2. The zero-order valence-electron chi connectivity index (χ0n) is 15.0. The summed E-state index contributed by atoms with van der Waals surface area (Å²) < 4.78 is 19.7. The number of fused-ring (bicyclic) bond motifs is 1. The van der Waals surface area contributed by atoms with Crippen LogP contribution in [-0.2, 0) is 24.1 Å². The third kappa shape index (κ3) is 3.76. The molecule has 3 rings (SSSR count). The van der Waals surface area contributed by atoms with Crippen molar-refractivity contribution < 1.29 is 13.9 Å². The van der Waals surface area contributed by atoms with Crippen LogP contribution in [0.1, 0.15) is 61.3 Å². The fourth-order valence-corrected chi connectivity index (χ4v) is 3.41. The Hall–Kier alpha value is -2.16. The van der Waals surface area contributed by atoms with Crippen molar-refractivity contribution in [2.75, 3.05) is 0 Å². The minimum absolute atomic E-state index is 0.122. The number of benzene rings is 2. The van der Waals surface area contributed by atoms with Gasteiger partial charge in [-0.05, 0) is 47.9 Å². The molecule has 0 saturated carbocycles. The topological polar surface area (TPSA) is 26.3 Å². The van der Waals surface area contributed by atoms with E-state index in [1.165, 1.54) is 24.8 Å². The maximum atomic E-state index is 14.4. The van der Waals surface area contributed by atoms with Crippen LogP contribution >= 0.6 is 0 Å². The number of esters is 1. The van der Waals surface area contributed by atoms with Crippen LogP contribution in [0, 0.1) is 5.82 Å². The molecule has 132 valence electrons. The lowest BCUT2D eigenvalue weighted by Crippen LogP contribution is -2.27. The van der Waals surface area contributed by atoms with Gasteiger partial charge >= 0.3 is 5.97 Å². The van der Waals surface area contributed by atoms with E-state index in [1.54, 1.807) is 6.07 Å². The molecule has 3 heteroatoms. The lowest BCUT2D eigenvalue weighted by atomic mass is 9.88. The number of hydrogen-bond donors (Lipinski definition) is 0. The number of carbonyl (C=O) groups excluding carboxylic acids is 1. The van der Waals surface area contributed by atoms with Crippen molar-refractivity contribution in [2.24, 2.45) is 0 Å². The van der Waals surface area contributed by atoms with Crippen molar-refractivity contribution in [1.82, 2.24) is 0 Å². The monoisotopic (exact) mass is 340 g/mol. The standard InChI is InChI=1S/C22H25FO2/c1-3-5-6-7-15-8-10-17(11-9-15)19-14-18-13-12-16(4-2)20(23)21(18)25-22(19)24/h8-13,19H,3-7,14H2,1-2H3. The Bertz CT molecular complexity index is 749. The van der Waals surface area contributed by atoms with Crippen molar-refractivity contribution in [3.05, 3.63) is 64.5 Å². The van der Waals surface area contributed by atoms with E-state index in [9.17, 15) is 9.18 Å². The highest BCUT2D eigenvalue weighted by Gasteiger charge is 2.32. The summed E-state index contributed by atoms with van der Waals surface area (Å²) in [5.41, 5.74) is 3.59. The smallest absolute Gasteiger partial charge is 0.319 e. The minimum atomic E-state index is -0.391. The van der Waals surface area contributed by atoms with Crippen LogP contribution in [0.4, 0.5) is 4.39 Å². The van der Waals surface area contributed by atoms with E-state index in [-0.39, 0.29) is 17.6 Å². The van der Waals surface area contributed by atoms with E-state index in [0.717, 1.165) is 17.5 Å². The number of rotatable bonds is 6. The highest BCUT2D eigenvalue weighted by Crippen LogP contribution is 2.36. The van der Waals surface area contributed by atoms with Gasteiger partial charge in [0, 0.05) is 0 Å². The molecule has 1 heterocycles. The van der Waals surface area contributed by atoms with Gasteiger partial charge in [0.25, 0.3) is 0 Å². The van der Waals surface area contributed by atoms with Gasteiger partial charge in [-0.25, -0.2) is 4.39 Å². The quantitative estimate of drug-likeness (QED) is 0.402. The Morgan fingerprint density at radius 1 is 1.08 bits per heavy atom. The molecule has 1 aliphatic heterocycles. The van der Waals surface area contributed by atoms with Crippen LogP contribution in [0.15, 0.2) is 36.4 Å². The first kappa shape index (κ1) is 17.7. The summed E-state index contributed by atoms with van der Waals surface area (Å²) in [6, 6.07) is 11.9. The van der Waals surface area contributed by atoms with Crippen molar-refractivity contribution in [2.45, 2.75) is 58.3 Å². The number of carbonyl (C=O) groups is 1. The Morgan fingerprint density at radius 3 is 2.52 bits per heavy atom. The second-order valence-corrected chi connectivity index (χ2v) is 6.76. The molecule has 2 aromatic rings. The van der Waals surface area contributed by atoms with Crippen LogP contribution in [0.5, 0.6) is 5.75 Å². The van der Waals surface area contributed by atoms with E-state index in [4.69, 9.17) is 4.74 Å². The molecule has 0 saturated heterocycles. The highest BCUT2D eigenvalue weighted by atomic mass is 19.1. The van der Waals surface area contributed by atoms with Gasteiger partial charge in [0.15, 0.2) is 11.6 Å². The second-order valence-electron chi connectivity index (χ2n) is 6.76. The molecule has 2 nitrogen and oxygen atoms in total. The van der Waals surface area contributed by atoms with Gasteiger partial charge in [-0.1, -0.05) is 63.1 Å². The maximum Gasteiger partial charge on any atom is 0.319 e. The van der Waals surface area contributed by atoms with Crippen molar-refractivity contribution in [3.63, 3.8) is 0 Å². The summed E-state index contributed by atoms with van der Waals surface area (Å²) in [4.78, 5) is 12.4. The number of hydrogen-bond acceptors (Lipinski definition) is 2. The van der Waals surface area contributed by atoms with Crippen molar-refractivity contribution in [1.29, 1.82) is 0 Å². The molecule has 2 aromatic carbocycles. The van der Waals surface area contributed by atoms with Gasteiger partial charge in [0.05, 0.1) is 5.92 Å². The SMILES string of the molecule is CCCCCc1ccc(C2Cc3ccc(CC)c(F)c3OC2=O)cc1. The van der Waals surface area contributed by atoms with Crippen LogP contribution in [-0.4, -0.2) is 5.97 Å². The molecule has 0 fully saturated rings. The summed E-state index contributed by atoms with van der Waals surface area (Å²) in [6.07, 6.45) is 5.77. The number of halogens is 1. The lowest BCUT2D eigenvalue weighted by molar-refractivity contribution is -0.137. The Balaban J connectivity index is 1.78. The van der Waals surface area contributed by atoms with Crippen molar-refractivity contribution in [3.8, 4) is 5.75 Å². The molecule has 0 aromatic heterocycles. The van der Waals surface area contributed by atoms with Gasteiger partial charge in [0.2, 0.25) is 0 Å². The summed E-state index contributed by atoms with van der Waals surface area (Å²) in [7, 11) is 0. The number of aryl methyl sites for hydroxylation is 2. The summed E-state index contributed by atoms with van der Waals surface area (Å²) in [6.45, 7) is 4.09. The summed E-state index contributed by atoms with van der Waals surface area (Å²) in [5.74, 6) is -0.989. The highest BCUT2D eigenvalue weighted by molar-refractivity contribution is 5.83. The number of ether oxygens (including phenoxy) is 1. The van der Waals surface area contributed by atoms with Gasteiger partial charge < -0.3 is 4.74 Å². The summed E-state index contributed by atoms with van der Waals surface area (Å²) in [5, 5.41) is 0. The molecule has 1 aliphatic rings. The predicted octanol–water partition coefficient (Wildman–Crippen LogP) is 5.37. The van der Waals surface area contributed by atoms with Crippen LogP contribution in [0.3, 0.4) is 0 Å². The van der Waals surface area contributed by atoms with Gasteiger partial charge in [0.1, 0.15) is 0 Å². The summed E-state index contributed by atoms with van der Waals surface area (Å²) >= 11 is 0. The fourth-order valence-electron chi connectivity index (χ4n) is 3.41. The molecule has 0 N–H and O–H groups in total. The first-order chi connectivity index (χ1) is 12.1. The van der Waals surface area contributed by atoms with Gasteiger partial charge in [-0.2, -0.15) is 0 Å². The van der Waals surface area contributed by atoms with E-state index in [0.29, 0.717) is 18.4 Å². The minimum Gasteiger partial charge on any atom is -0.423 e. The Kier molecular flexibility index (Phi) is 5.52. The lowest BCUT2D eigenvalue weighted by Gasteiger charge is -2.24. The molecule has 25 heavy (non-hydrogen) atoms.